The van der Waals surface area contributed by atoms with Crippen molar-refractivity contribution < 1.29 is 60.6 Å². The number of rotatable bonds is 8. The first kappa shape index (κ1) is 25.8. The van der Waals surface area contributed by atoms with Crippen molar-refractivity contribution in [1.82, 2.24) is 14.6 Å². The van der Waals surface area contributed by atoms with Crippen LogP contribution in [0.5, 0.6) is 0 Å². The maximum Gasteiger partial charge on any atom is 0.490 e. The number of aromatic nitrogens is 3. The number of ether oxygens (including phenoxy) is 1. The fourth-order valence-electron chi connectivity index (χ4n) is 2.92. The van der Waals surface area contributed by atoms with Gasteiger partial charge in [-0.05, 0) is 12.1 Å². The number of nitrogen functional groups attached to an aromatic ring is 1. The summed E-state index contributed by atoms with van der Waals surface area (Å²) in [5.41, 5.74) is 3.30. The van der Waals surface area contributed by atoms with E-state index in [4.69, 9.17) is 25.2 Å². The quantitative estimate of drug-likeness (QED) is 0.237. The smallest absolute Gasteiger partial charge is 0.386 e. The van der Waals surface area contributed by atoms with E-state index in [1.54, 1.807) is 0 Å². The van der Waals surface area contributed by atoms with E-state index in [9.17, 15) is 33.3 Å². The number of halogens is 1. The minimum absolute atomic E-state index is 0.0129. The summed E-state index contributed by atoms with van der Waals surface area (Å²) in [5.74, 6) is 0.0319. The number of hydrogen-bond donors (Lipinski definition) is 6. The molecule has 182 valence electrons. The van der Waals surface area contributed by atoms with E-state index in [1.807, 2.05) is 0 Å². The second-order valence-corrected chi connectivity index (χ2v) is 10.9. The molecule has 0 radical (unpaired) electrons. The largest absolute Gasteiger partial charge is 0.490 e. The Balaban J connectivity index is 1.81. The molecule has 0 aliphatic carbocycles. The number of aliphatic hydroxyl groups excluding tert-OH is 1. The van der Waals surface area contributed by atoms with Crippen LogP contribution in [0.4, 0.5) is 10.2 Å². The molecule has 1 saturated heterocycles. The van der Waals surface area contributed by atoms with Gasteiger partial charge in [-0.2, -0.15) is 19.0 Å². The molecule has 7 N–H and O–H groups in total. The predicted octanol–water partition coefficient (Wildman–Crippen LogP) is -0.313. The van der Waals surface area contributed by atoms with Crippen LogP contribution >= 0.6 is 23.5 Å². The number of hydrogen-bond acceptors (Lipinski definition) is 12. The van der Waals surface area contributed by atoms with Gasteiger partial charge in [0.25, 0.3) is 0 Å². The summed E-state index contributed by atoms with van der Waals surface area (Å²) < 4.78 is 66.7. The highest BCUT2D eigenvalue weighted by Gasteiger charge is 2.58. The number of nitrogens with two attached hydrogens (primary N) is 1. The zero-order valence-electron chi connectivity index (χ0n) is 15.9. The number of phosphoric ester groups is 1. The summed E-state index contributed by atoms with van der Waals surface area (Å²) in [4.78, 5) is 39.5. The molecule has 0 saturated carbocycles. The van der Waals surface area contributed by atoms with Crippen molar-refractivity contribution in [2.75, 3.05) is 12.3 Å². The molecule has 3 rings (SSSR count). The Hall–Kier alpha value is -1.83. The first-order valence-corrected chi connectivity index (χ1v) is 12.9. The van der Waals surface area contributed by atoms with Gasteiger partial charge in [0, 0.05) is 0 Å². The summed E-state index contributed by atoms with van der Waals surface area (Å²) in [7, 11) is -17.1. The van der Waals surface area contributed by atoms with Gasteiger partial charge in [0.05, 0.1) is 5.69 Å². The van der Waals surface area contributed by atoms with E-state index >= 15 is 0 Å². The Labute approximate surface area is 182 Å². The Morgan fingerprint density at radius 3 is 2.52 bits per heavy atom. The molecule has 17 nitrogen and oxygen atoms in total. The lowest BCUT2D eigenvalue weighted by Gasteiger charge is -2.25. The third-order valence-corrected chi connectivity index (χ3v) is 8.04. The second kappa shape index (κ2) is 8.75. The number of fused-ring (bicyclic) bond motifs is 1. The Kier molecular flexibility index (Phi) is 6.84. The topological polar surface area (TPSA) is 269 Å². The Morgan fingerprint density at radius 1 is 1.24 bits per heavy atom. The predicted molar refractivity (Wildman–Crippen MR) is 100 cm³/mol. The summed E-state index contributed by atoms with van der Waals surface area (Å²) in [5, 5.41) is 23.6. The van der Waals surface area contributed by atoms with E-state index in [0.717, 1.165) is 10.8 Å². The van der Waals surface area contributed by atoms with Gasteiger partial charge in [0.15, 0.2) is 12.0 Å². The standard InChI is InChI=1S/C12H15FN5O12P3/c13-8-9(6-1-2-7-11(15)16-5-17-18(6)7)28-12(3-14,10(8)19)4-27-32(23,24)30-33(25,26)29-31(20,21)22/h1-2,5,8-10,19H,4H2,(H,23,24)(H,25,26)(H2,15,16,17)(H2,20,21,22). The minimum atomic E-state index is -5.83. The fraction of sp³-hybridized carbons (Fsp3) is 0.417. The van der Waals surface area contributed by atoms with Gasteiger partial charge in [-0.3, -0.25) is 4.52 Å². The number of nitrogens with zero attached hydrogens (tertiary/aromatic N) is 4. The van der Waals surface area contributed by atoms with E-state index < -0.39 is 54.1 Å². The van der Waals surface area contributed by atoms with E-state index in [2.05, 4.69) is 23.2 Å². The van der Waals surface area contributed by atoms with Gasteiger partial charge in [-0.1, -0.05) is 0 Å². The highest BCUT2D eigenvalue weighted by atomic mass is 31.3. The van der Waals surface area contributed by atoms with Gasteiger partial charge in [0.1, 0.15) is 36.7 Å². The lowest BCUT2D eigenvalue weighted by molar-refractivity contribution is -0.0729. The normalized spacial score (nSPS) is 29.4. The number of anilines is 1. The number of nitriles is 1. The summed E-state index contributed by atoms with van der Waals surface area (Å²) >= 11 is 0. The van der Waals surface area contributed by atoms with Crippen molar-refractivity contribution in [2.45, 2.75) is 24.0 Å². The van der Waals surface area contributed by atoms with Crippen LogP contribution in [0.2, 0.25) is 0 Å². The molecular formula is C12H15FN5O12P3. The number of alkyl halides is 1. The van der Waals surface area contributed by atoms with E-state index in [1.165, 1.54) is 18.2 Å². The summed E-state index contributed by atoms with van der Waals surface area (Å²) in [6, 6.07) is 4.13. The molecule has 1 aliphatic heterocycles. The minimum Gasteiger partial charge on any atom is -0.386 e. The first-order chi connectivity index (χ1) is 15.1. The van der Waals surface area contributed by atoms with Crippen molar-refractivity contribution >= 4 is 34.8 Å². The molecule has 6 atom stereocenters. The van der Waals surface area contributed by atoms with Gasteiger partial charge in [0.2, 0.25) is 5.60 Å². The average molecular weight is 533 g/mol. The van der Waals surface area contributed by atoms with Gasteiger partial charge in [-0.25, -0.2) is 27.6 Å². The van der Waals surface area contributed by atoms with Crippen LogP contribution in [0.25, 0.3) is 5.52 Å². The molecule has 0 bridgehead atoms. The Morgan fingerprint density at radius 2 is 1.91 bits per heavy atom. The van der Waals surface area contributed by atoms with Crippen LogP contribution in [0, 0.1) is 11.3 Å². The van der Waals surface area contributed by atoms with Gasteiger partial charge < -0.3 is 35.2 Å². The maximum absolute atomic E-state index is 14.9. The maximum atomic E-state index is 14.9. The molecule has 1 aliphatic rings. The zero-order valence-corrected chi connectivity index (χ0v) is 18.5. The summed E-state index contributed by atoms with van der Waals surface area (Å²) in [6.07, 6.45) is -5.15. The van der Waals surface area contributed by atoms with Gasteiger partial charge >= 0.3 is 23.5 Å². The molecule has 3 heterocycles. The molecule has 1 fully saturated rings. The van der Waals surface area contributed by atoms with Crippen LogP contribution in [0.1, 0.15) is 11.8 Å². The highest BCUT2D eigenvalue weighted by Crippen LogP contribution is 2.66. The molecule has 0 spiro atoms. The third-order valence-electron chi connectivity index (χ3n) is 4.26. The van der Waals surface area contributed by atoms with Crippen molar-refractivity contribution in [3.05, 3.63) is 24.2 Å². The van der Waals surface area contributed by atoms with Crippen molar-refractivity contribution in [3.8, 4) is 6.07 Å². The molecule has 6 unspecified atom stereocenters. The fourth-order valence-corrected chi connectivity index (χ4v) is 5.97. The first-order valence-electron chi connectivity index (χ1n) is 8.37. The average Bonchev–Trinajstić information content (AvgIpc) is 3.19. The van der Waals surface area contributed by atoms with Crippen LogP contribution in [-0.2, 0) is 31.6 Å². The van der Waals surface area contributed by atoms with Gasteiger partial charge in [-0.15, -0.1) is 0 Å². The number of aliphatic hydroxyl groups is 1. The van der Waals surface area contributed by atoms with Crippen LogP contribution in [-0.4, -0.2) is 63.8 Å². The van der Waals surface area contributed by atoms with Crippen molar-refractivity contribution in [2.24, 2.45) is 0 Å². The summed E-state index contributed by atoms with van der Waals surface area (Å²) in [6.45, 7) is -1.38. The third kappa shape index (κ3) is 5.47. The van der Waals surface area contributed by atoms with Crippen LogP contribution in [0.3, 0.4) is 0 Å². The van der Waals surface area contributed by atoms with Crippen molar-refractivity contribution in [1.29, 1.82) is 5.26 Å². The van der Waals surface area contributed by atoms with E-state index in [-0.39, 0.29) is 17.0 Å². The molecular weight excluding hydrogens is 518 g/mol. The Bertz CT molecular complexity index is 1250. The molecule has 0 amide bonds. The molecule has 0 aromatic carbocycles. The van der Waals surface area contributed by atoms with Crippen LogP contribution < -0.4 is 5.73 Å². The zero-order chi connectivity index (χ0) is 24.8. The lowest BCUT2D eigenvalue weighted by atomic mass is 9.97. The lowest BCUT2D eigenvalue weighted by Crippen LogP contribution is -2.44. The van der Waals surface area contributed by atoms with Crippen LogP contribution in [0.15, 0.2) is 18.5 Å². The molecule has 2 aromatic heterocycles. The van der Waals surface area contributed by atoms with Crippen molar-refractivity contribution in [3.63, 3.8) is 0 Å². The second-order valence-electron chi connectivity index (χ2n) is 6.49. The SMILES string of the molecule is N#CC1(COP(=O)(O)OP(=O)(O)OP(=O)(O)O)OC(c2ccc3c(N)ncnn23)C(F)C1O. The monoisotopic (exact) mass is 533 g/mol. The number of phosphoric acid groups is 3. The molecule has 33 heavy (non-hydrogen) atoms. The van der Waals surface area contributed by atoms with E-state index in [0.29, 0.717) is 0 Å². The highest BCUT2D eigenvalue weighted by molar-refractivity contribution is 7.66. The molecule has 2 aromatic rings. The molecule has 21 heteroatoms.